The van der Waals surface area contributed by atoms with Gasteiger partial charge in [-0.25, -0.2) is 9.78 Å². The number of carboxylic acid groups (broad SMARTS) is 1. The van der Waals surface area contributed by atoms with E-state index in [9.17, 15) is 4.79 Å². The molecule has 0 saturated carbocycles. The fourth-order valence-electron chi connectivity index (χ4n) is 2.16. The Labute approximate surface area is 115 Å². The smallest absolute Gasteiger partial charge is 0.335 e. The fourth-order valence-corrected chi connectivity index (χ4v) is 2.16. The van der Waals surface area contributed by atoms with Gasteiger partial charge in [-0.1, -0.05) is 0 Å². The normalized spacial score (nSPS) is 10.8. The fraction of sp³-hybridized carbons (Fsp3) is 0.133. The Hall–Kier alpha value is -2.69. The van der Waals surface area contributed by atoms with Gasteiger partial charge in [-0.3, -0.25) is 4.98 Å². The van der Waals surface area contributed by atoms with Crippen LogP contribution in [-0.2, 0) is 6.54 Å². The lowest BCUT2D eigenvalue weighted by atomic mass is 10.1. The van der Waals surface area contributed by atoms with Gasteiger partial charge < -0.3 is 9.67 Å². The Morgan fingerprint density at radius 1 is 1.35 bits per heavy atom. The first-order chi connectivity index (χ1) is 9.65. The summed E-state index contributed by atoms with van der Waals surface area (Å²) in [4.78, 5) is 19.5. The maximum atomic E-state index is 11.1. The summed E-state index contributed by atoms with van der Waals surface area (Å²) in [5, 5.41) is 9.07. The molecule has 2 heterocycles. The summed E-state index contributed by atoms with van der Waals surface area (Å²) in [5.74, 6) is -0.933. The van der Waals surface area contributed by atoms with Crippen LogP contribution in [0.3, 0.4) is 0 Å². The van der Waals surface area contributed by atoms with E-state index >= 15 is 0 Å². The minimum Gasteiger partial charge on any atom is -0.478 e. The van der Waals surface area contributed by atoms with E-state index in [0.717, 1.165) is 22.2 Å². The molecule has 0 aliphatic carbocycles. The molecule has 0 aliphatic heterocycles. The molecule has 1 aromatic carbocycles. The highest BCUT2D eigenvalue weighted by molar-refractivity contribution is 5.92. The van der Waals surface area contributed by atoms with Crippen molar-refractivity contribution in [1.82, 2.24) is 14.5 Å². The molecule has 0 fully saturated rings. The summed E-state index contributed by atoms with van der Waals surface area (Å²) >= 11 is 0. The first-order valence-corrected chi connectivity index (χ1v) is 6.23. The molecule has 0 saturated heterocycles. The number of carboxylic acids is 1. The predicted molar refractivity (Wildman–Crippen MR) is 74.8 cm³/mol. The van der Waals surface area contributed by atoms with Crippen LogP contribution < -0.4 is 0 Å². The minimum absolute atomic E-state index is 0.266. The van der Waals surface area contributed by atoms with Gasteiger partial charge in [0.25, 0.3) is 0 Å². The van der Waals surface area contributed by atoms with E-state index in [4.69, 9.17) is 5.11 Å². The van der Waals surface area contributed by atoms with Gasteiger partial charge in [0.2, 0.25) is 0 Å². The third kappa shape index (κ3) is 2.14. The van der Waals surface area contributed by atoms with Crippen molar-refractivity contribution in [2.45, 2.75) is 13.5 Å². The number of fused-ring (bicyclic) bond motifs is 1. The van der Waals surface area contributed by atoms with Crippen LogP contribution in [0.4, 0.5) is 0 Å². The van der Waals surface area contributed by atoms with E-state index < -0.39 is 5.97 Å². The molecule has 1 N–H and O–H groups in total. The predicted octanol–water partition coefficient (Wildman–Crippen LogP) is 2.49. The first-order valence-electron chi connectivity index (χ1n) is 6.23. The Balaban J connectivity index is 2.06. The van der Waals surface area contributed by atoms with Crippen LogP contribution >= 0.6 is 0 Å². The highest BCUT2D eigenvalue weighted by Gasteiger charge is 2.09. The van der Waals surface area contributed by atoms with Gasteiger partial charge in [-0.05, 0) is 42.3 Å². The molecule has 0 unspecified atom stereocenters. The SMILES string of the molecule is Cc1ccncc1Cn1cnc2ccc(C(=O)O)cc21. The Morgan fingerprint density at radius 2 is 2.20 bits per heavy atom. The molecule has 5 heteroatoms. The molecule has 0 aliphatic rings. The van der Waals surface area contributed by atoms with Crippen LogP contribution in [0.2, 0.25) is 0 Å². The first kappa shape index (κ1) is 12.3. The number of benzene rings is 1. The highest BCUT2D eigenvalue weighted by atomic mass is 16.4. The topological polar surface area (TPSA) is 68.0 Å². The maximum absolute atomic E-state index is 11.1. The second-order valence-electron chi connectivity index (χ2n) is 4.68. The summed E-state index contributed by atoms with van der Waals surface area (Å²) in [5.41, 5.74) is 4.11. The number of nitrogens with zero attached hydrogens (tertiary/aromatic N) is 3. The zero-order valence-electron chi connectivity index (χ0n) is 10.9. The molecule has 3 aromatic rings. The van der Waals surface area contributed by atoms with Crippen molar-refractivity contribution in [2.75, 3.05) is 0 Å². The monoisotopic (exact) mass is 267 g/mol. The lowest BCUT2D eigenvalue weighted by Crippen LogP contribution is -2.02. The third-order valence-electron chi connectivity index (χ3n) is 3.36. The number of hydrogen-bond acceptors (Lipinski definition) is 3. The van der Waals surface area contributed by atoms with Crippen LogP contribution in [0.1, 0.15) is 21.5 Å². The second kappa shape index (κ2) is 4.77. The molecule has 5 nitrogen and oxygen atoms in total. The van der Waals surface area contributed by atoms with E-state index in [0.29, 0.717) is 6.54 Å². The van der Waals surface area contributed by atoms with Crippen LogP contribution in [0.15, 0.2) is 43.0 Å². The minimum atomic E-state index is -0.933. The average Bonchev–Trinajstić information content (AvgIpc) is 2.84. The number of carbonyl (C=O) groups is 1. The highest BCUT2D eigenvalue weighted by Crippen LogP contribution is 2.17. The molecule has 20 heavy (non-hydrogen) atoms. The van der Waals surface area contributed by atoms with Crippen molar-refractivity contribution in [3.8, 4) is 0 Å². The number of pyridine rings is 1. The number of aromatic nitrogens is 3. The summed E-state index contributed by atoms with van der Waals surface area (Å²) < 4.78 is 1.94. The van der Waals surface area contributed by atoms with Crippen LogP contribution in [0.5, 0.6) is 0 Å². The van der Waals surface area contributed by atoms with Crippen molar-refractivity contribution in [2.24, 2.45) is 0 Å². The van der Waals surface area contributed by atoms with E-state index in [1.54, 1.807) is 30.7 Å². The van der Waals surface area contributed by atoms with Crippen molar-refractivity contribution in [3.63, 3.8) is 0 Å². The molecular formula is C15H13N3O2. The van der Waals surface area contributed by atoms with E-state index in [-0.39, 0.29) is 5.56 Å². The number of rotatable bonds is 3. The van der Waals surface area contributed by atoms with Gasteiger partial charge in [0.1, 0.15) is 0 Å². The summed E-state index contributed by atoms with van der Waals surface area (Å²) in [6.07, 6.45) is 5.30. The standard InChI is InChI=1S/C15H13N3O2/c1-10-4-5-16-7-12(10)8-18-9-17-13-3-2-11(15(19)20)6-14(13)18/h2-7,9H,8H2,1H3,(H,19,20). The molecule has 3 rings (SSSR count). The molecular weight excluding hydrogens is 254 g/mol. The second-order valence-corrected chi connectivity index (χ2v) is 4.68. The molecule has 0 amide bonds. The van der Waals surface area contributed by atoms with Crippen molar-refractivity contribution >= 4 is 17.0 Å². The van der Waals surface area contributed by atoms with Gasteiger partial charge in [0, 0.05) is 12.4 Å². The molecule has 0 radical (unpaired) electrons. The van der Waals surface area contributed by atoms with Crippen molar-refractivity contribution < 1.29 is 9.90 Å². The van der Waals surface area contributed by atoms with E-state index in [1.807, 2.05) is 23.8 Å². The Morgan fingerprint density at radius 3 is 2.95 bits per heavy atom. The average molecular weight is 267 g/mol. The van der Waals surface area contributed by atoms with Crippen molar-refractivity contribution in [3.05, 3.63) is 59.7 Å². The quantitative estimate of drug-likeness (QED) is 0.791. The number of aromatic carboxylic acids is 1. The van der Waals surface area contributed by atoms with Gasteiger partial charge in [0.05, 0.1) is 29.5 Å². The summed E-state index contributed by atoms with van der Waals surface area (Å²) in [6.45, 7) is 2.65. The lowest BCUT2D eigenvalue weighted by molar-refractivity contribution is 0.0697. The van der Waals surface area contributed by atoms with Crippen LogP contribution in [0, 0.1) is 6.92 Å². The molecule has 2 aromatic heterocycles. The van der Waals surface area contributed by atoms with Gasteiger partial charge in [0.15, 0.2) is 0 Å². The van der Waals surface area contributed by atoms with E-state index in [1.165, 1.54) is 0 Å². The maximum Gasteiger partial charge on any atom is 0.335 e. The summed E-state index contributed by atoms with van der Waals surface area (Å²) in [7, 11) is 0. The Bertz CT molecular complexity index is 793. The largest absolute Gasteiger partial charge is 0.478 e. The molecule has 0 atom stereocenters. The molecule has 0 spiro atoms. The van der Waals surface area contributed by atoms with Crippen LogP contribution in [-0.4, -0.2) is 25.6 Å². The zero-order chi connectivity index (χ0) is 14.1. The van der Waals surface area contributed by atoms with Gasteiger partial charge in [-0.15, -0.1) is 0 Å². The van der Waals surface area contributed by atoms with E-state index in [2.05, 4.69) is 9.97 Å². The molecule has 0 bridgehead atoms. The zero-order valence-corrected chi connectivity index (χ0v) is 10.9. The summed E-state index contributed by atoms with van der Waals surface area (Å²) in [6, 6.07) is 6.90. The number of imidazole rings is 1. The van der Waals surface area contributed by atoms with Gasteiger partial charge in [-0.2, -0.15) is 0 Å². The van der Waals surface area contributed by atoms with Gasteiger partial charge >= 0.3 is 5.97 Å². The number of aryl methyl sites for hydroxylation is 1. The Kier molecular flexibility index (Phi) is 2.95. The van der Waals surface area contributed by atoms with Crippen molar-refractivity contribution in [1.29, 1.82) is 0 Å². The number of hydrogen-bond donors (Lipinski definition) is 1. The van der Waals surface area contributed by atoms with Crippen LogP contribution in [0.25, 0.3) is 11.0 Å². The lowest BCUT2D eigenvalue weighted by Gasteiger charge is -2.07. The molecule has 100 valence electrons. The third-order valence-corrected chi connectivity index (χ3v) is 3.36.